The van der Waals surface area contributed by atoms with Gasteiger partial charge in [0.2, 0.25) is 0 Å². The van der Waals surface area contributed by atoms with Crippen LogP contribution in [0.3, 0.4) is 0 Å². The Morgan fingerprint density at radius 3 is 2.76 bits per heavy atom. The summed E-state index contributed by atoms with van der Waals surface area (Å²) in [5.41, 5.74) is 0.449. The Morgan fingerprint density at radius 2 is 2.04 bits per heavy atom. The van der Waals surface area contributed by atoms with E-state index in [-0.39, 0.29) is 11.5 Å². The van der Waals surface area contributed by atoms with E-state index in [1.807, 2.05) is 6.07 Å². The number of thiophene rings is 1. The van der Waals surface area contributed by atoms with Crippen molar-refractivity contribution >= 4 is 33.1 Å². The van der Waals surface area contributed by atoms with Gasteiger partial charge in [-0.3, -0.25) is 4.79 Å². The van der Waals surface area contributed by atoms with E-state index in [0.717, 1.165) is 25.7 Å². The SMILES string of the molecule is C[C@]1(NC(=O)COC(=O)c2cc3c(s2)CCCCC3)CCS(=O)(=O)C1. The van der Waals surface area contributed by atoms with Crippen LogP contribution in [0.25, 0.3) is 0 Å². The van der Waals surface area contributed by atoms with Gasteiger partial charge in [-0.15, -0.1) is 11.3 Å². The zero-order chi connectivity index (χ0) is 18.1. The number of sulfone groups is 1. The molecule has 0 aromatic carbocycles. The van der Waals surface area contributed by atoms with Gasteiger partial charge in [0, 0.05) is 4.88 Å². The minimum atomic E-state index is -3.10. The minimum Gasteiger partial charge on any atom is -0.451 e. The number of fused-ring (bicyclic) bond motifs is 1. The molecule has 2 aliphatic rings. The van der Waals surface area contributed by atoms with Crippen LogP contribution in [0, 0.1) is 0 Å². The molecule has 0 spiro atoms. The molecular weight excluding hydrogens is 362 g/mol. The maximum Gasteiger partial charge on any atom is 0.348 e. The number of carbonyl (C=O) groups is 2. The van der Waals surface area contributed by atoms with Crippen LogP contribution >= 0.6 is 11.3 Å². The quantitative estimate of drug-likeness (QED) is 0.631. The van der Waals surface area contributed by atoms with Crippen molar-refractivity contribution in [1.82, 2.24) is 5.32 Å². The lowest BCUT2D eigenvalue weighted by Crippen LogP contribution is -2.48. The first-order chi connectivity index (χ1) is 11.8. The van der Waals surface area contributed by atoms with Gasteiger partial charge in [-0.1, -0.05) is 6.42 Å². The third kappa shape index (κ3) is 4.61. The molecule has 1 aromatic rings. The van der Waals surface area contributed by atoms with E-state index in [0.29, 0.717) is 11.3 Å². The first-order valence-electron chi connectivity index (χ1n) is 8.57. The highest BCUT2D eigenvalue weighted by Crippen LogP contribution is 2.29. The molecule has 2 heterocycles. The van der Waals surface area contributed by atoms with Crippen LogP contribution in [-0.2, 0) is 32.2 Å². The maximum atomic E-state index is 12.2. The van der Waals surface area contributed by atoms with Gasteiger partial charge < -0.3 is 10.1 Å². The number of aryl methyl sites for hydroxylation is 2. The molecule has 1 aliphatic heterocycles. The Morgan fingerprint density at radius 1 is 1.28 bits per heavy atom. The van der Waals surface area contributed by atoms with Crippen molar-refractivity contribution in [2.24, 2.45) is 0 Å². The standard InChI is InChI=1S/C17H23NO5S2/c1-17(7-8-25(21,22)11-17)18-15(19)10-23-16(20)14-9-12-5-3-2-4-6-13(12)24-14/h9H,2-8,10-11H2,1H3,(H,18,19)/t17-/m0/s1. The van der Waals surface area contributed by atoms with E-state index in [1.165, 1.54) is 28.2 Å². The second-order valence-corrected chi connectivity index (χ2v) is 10.5. The highest BCUT2D eigenvalue weighted by molar-refractivity contribution is 7.91. The average molecular weight is 386 g/mol. The molecule has 0 unspecified atom stereocenters. The zero-order valence-electron chi connectivity index (χ0n) is 14.3. The highest BCUT2D eigenvalue weighted by atomic mass is 32.2. The minimum absolute atomic E-state index is 0.0721. The predicted molar refractivity (Wildman–Crippen MR) is 95.7 cm³/mol. The Hall–Kier alpha value is -1.41. The molecule has 1 aromatic heterocycles. The van der Waals surface area contributed by atoms with Crippen LogP contribution in [0.1, 0.15) is 52.7 Å². The number of carbonyl (C=O) groups excluding carboxylic acids is 2. The van der Waals surface area contributed by atoms with Gasteiger partial charge in [0.15, 0.2) is 16.4 Å². The summed E-state index contributed by atoms with van der Waals surface area (Å²) in [6.07, 6.45) is 5.88. The molecule has 8 heteroatoms. The summed E-state index contributed by atoms with van der Waals surface area (Å²) < 4.78 is 28.2. The van der Waals surface area contributed by atoms with E-state index < -0.39 is 33.9 Å². The molecule has 25 heavy (non-hydrogen) atoms. The van der Waals surface area contributed by atoms with E-state index >= 15 is 0 Å². The Kier molecular flexibility index (Phi) is 5.20. The van der Waals surface area contributed by atoms with Crippen LogP contribution in [0.4, 0.5) is 0 Å². The molecule has 6 nitrogen and oxygen atoms in total. The number of esters is 1. The summed E-state index contributed by atoms with van der Waals surface area (Å²) in [7, 11) is -3.10. The largest absolute Gasteiger partial charge is 0.451 e. The van der Waals surface area contributed by atoms with Gasteiger partial charge in [-0.05, 0) is 50.7 Å². The van der Waals surface area contributed by atoms with Crippen molar-refractivity contribution in [2.45, 2.75) is 51.0 Å². The van der Waals surface area contributed by atoms with Crippen molar-refractivity contribution in [3.8, 4) is 0 Å². The van der Waals surface area contributed by atoms with Crippen molar-refractivity contribution in [2.75, 3.05) is 18.1 Å². The number of amides is 1. The number of hydrogen-bond acceptors (Lipinski definition) is 6. The Labute approximate surface area is 151 Å². The van der Waals surface area contributed by atoms with Crippen molar-refractivity contribution in [3.05, 3.63) is 21.4 Å². The van der Waals surface area contributed by atoms with Crippen LogP contribution in [0.15, 0.2) is 6.07 Å². The molecule has 138 valence electrons. The summed E-state index contributed by atoms with van der Waals surface area (Å²) in [6.45, 7) is 1.31. The number of nitrogens with one attached hydrogen (secondary N) is 1. The summed E-state index contributed by atoms with van der Waals surface area (Å²) in [6, 6.07) is 1.89. The van der Waals surface area contributed by atoms with Gasteiger partial charge >= 0.3 is 5.97 Å². The van der Waals surface area contributed by atoms with Crippen LogP contribution < -0.4 is 5.32 Å². The summed E-state index contributed by atoms with van der Waals surface area (Å²) in [5.74, 6) is -0.953. The van der Waals surface area contributed by atoms with Gasteiger partial charge in [-0.25, -0.2) is 13.2 Å². The fourth-order valence-electron chi connectivity index (χ4n) is 3.45. The van der Waals surface area contributed by atoms with Gasteiger partial charge in [0.1, 0.15) is 4.88 Å². The van der Waals surface area contributed by atoms with Crippen molar-refractivity contribution < 1.29 is 22.7 Å². The molecule has 0 bridgehead atoms. The maximum absolute atomic E-state index is 12.2. The molecular formula is C17H23NO5S2. The van der Waals surface area contributed by atoms with E-state index in [9.17, 15) is 18.0 Å². The predicted octanol–water partition coefficient (Wildman–Crippen LogP) is 1.87. The molecule has 1 atom stereocenters. The number of ether oxygens (including phenoxy) is 1. The molecule has 1 N–H and O–H groups in total. The van der Waals surface area contributed by atoms with E-state index in [2.05, 4.69) is 5.32 Å². The van der Waals surface area contributed by atoms with Crippen LogP contribution in [-0.4, -0.2) is 43.9 Å². The summed E-state index contributed by atoms with van der Waals surface area (Å²) >= 11 is 1.45. The van der Waals surface area contributed by atoms with Crippen LogP contribution in [0.5, 0.6) is 0 Å². The lowest BCUT2D eigenvalue weighted by atomic mass is 10.0. The van der Waals surface area contributed by atoms with E-state index in [1.54, 1.807) is 6.92 Å². The summed E-state index contributed by atoms with van der Waals surface area (Å²) in [5, 5.41) is 2.68. The van der Waals surface area contributed by atoms with Gasteiger partial charge in [-0.2, -0.15) is 0 Å². The lowest BCUT2D eigenvalue weighted by Gasteiger charge is -2.23. The zero-order valence-corrected chi connectivity index (χ0v) is 15.9. The summed E-state index contributed by atoms with van der Waals surface area (Å²) in [4.78, 5) is 26.0. The molecule has 0 saturated carbocycles. The fourth-order valence-corrected chi connectivity index (χ4v) is 6.69. The van der Waals surface area contributed by atoms with Gasteiger partial charge in [0.25, 0.3) is 5.91 Å². The average Bonchev–Trinajstić information content (AvgIpc) is 2.97. The molecule has 0 radical (unpaired) electrons. The molecule has 1 fully saturated rings. The fraction of sp³-hybridized carbons (Fsp3) is 0.647. The second kappa shape index (κ2) is 7.07. The topological polar surface area (TPSA) is 89.5 Å². The van der Waals surface area contributed by atoms with E-state index in [4.69, 9.17) is 4.74 Å². The number of rotatable bonds is 4. The highest BCUT2D eigenvalue weighted by Gasteiger charge is 2.39. The normalized spacial score (nSPS) is 25.0. The third-order valence-electron chi connectivity index (χ3n) is 4.73. The van der Waals surface area contributed by atoms with Gasteiger partial charge in [0.05, 0.1) is 17.0 Å². The van der Waals surface area contributed by atoms with Crippen molar-refractivity contribution in [1.29, 1.82) is 0 Å². The Balaban J connectivity index is 1.53. The first-order valence-corrected chi connectivity index (χ1v) is 11.2. The smallest absolute Gasteiger partial charge is 0.348 e. The number of hydrogen-bond donors (Lipinski definition) is 1. The van der Waals surface area contributed by atoms with Crippen LogP contribution in [0.2, 0.25) is 0 Å². The monoisotopic (exact) mass is 385 g/mol. The molecule has 1 aliphatic carbocycles. The first kappa shape index (κ1) is 18.4. The lowest BCUT2D eigenvalue weighted by molar-refractivity contribution is -0.125. The molecule has 1 saturated heterocycles. The second-order valence-electron chi connectivity index (χ2n) is 7.15. The third-order valence-corrected chi connectivity index (χ3v) is 7.85. The van der Waals surface area contributed by atoms with Crippen molar-refractivity contribution in [3.63, 3.8) is 0 Å². The molecule has 1 amide bonds. The Bertz CT molecular complexity index is 759. The molecule has 3 rings (SSSR count).